The molecule has 0 aromatic carbocycles. The van der Waals surface area contributed by atoms with E-state index < -0.39 is 0 Å². The molecule has 0 aromatic heterocycles. The van der Waals surface area contributed by atoms with Crippen molar-refractivity contribution in [2.24, 2.45) is 11.7 Å². The zero-order valence-electron chi connectivity index (χ0n) is 7.55. The first-order chi connectivity index (χ1) is 5.36. The van der Waals surface area contributed by atoms with Gasteiger partial charge in [-0.15, -0.1) is 0 Å². The van der Waals surface area contributed by atoms with Crippen molar-refractivity contribution in [1.82, 2.24) is 4.90 Å². The average molecular weight is 156 g/mol. The summed E-state index contributed by atoms with van der Waals surface area (Å²) in [4.78, 5) is 2.56. The first-order valence-electron chi connectivity index (χ1n) is 4.79. The number of hydrogen-bond acceptors (Lipinski definition) is 2. The third kappa shape index (κ3) is 2.80. The SMILES string of the molecule is CCCN1CCC(CCN)C1. The van der Waals surface area contributed by atoms with Gasteiger partial charge in [-0.05, 0) is 44.8 Å². The monoisotopic (exact) mass is 156 g/mol. The Morgan fingerprint density at radius 3 is 3.00 bits per heavy atom. The molecule has 1 aliphatic heterocycles. The summed E-state index contributed by atoms with van der Waals surface area (Å²) in [5.74, 6) is 0.895. The van der Waals surface area contributed by atoms with E-state index in [0.717, 1.165) is 12.5 Å². The Morgan fingerprint density at radius 2 is 2.36 bits per heavy atom. The van der Waals surface area contributed by atoms with E-state index in [1.807, 2.05) is 0 Å². The van der Waals surface area contributed by atoms with Gasteiger partial charge in [0.1, 0.15) is 0 Å². The van der Waals surface area contributed by atoms with Crippen molar-refractivity contribution < 1.29 is 0 Å². The van der Waals surface area contributed by atoms with Crippen LogP contribution in [0.3, 0.4) is 0 Å². The summed E-state index contributed by atoms with van der Waals surface area (Å²) in [5.41, 5.74) is 5.51. The van der Waals surface area contributed by atoms with Crippen LogP contribution < -0.4 is 5.73 Å². The van der Waals surface area contributed by atoms with Gasteiger partial charge in [0, 0.05) is 6.54 Å². The zero-order chi connectivity index (χ0) is 8.10. The summed E-state index contributed by atoms with van der Waals surface area (Å²) in [5, 5.41) is 0. The molecule has 0 saturated carbocycles. The van der Waals surface area contributed by atoms with Gasteiger partial charge in [-0.1, -0.05) is 6.92 Å². The summed E-state index contributed by atoms with van der Waals surface area (Å²) in [6.07, 6.45) is 3.88. The van der Waals surface area contributed by atoms with E-state index in [4.69, 9.17) is 5.73 Å². The Balaban J connectivity index is 2.12. The van der Waals surface area contributed by atoms with Gasteiger partial charge in [-0.2, -0.15) is 0 Å². The molecule has 1 fully saturated rings. The molecular weight excluding hydrogens is 136 g/mol. The Morgan fingerprint density at radius 1 is 1.55 bits per heavy atom. The van der Waals surface area contributed by atoms with Crippen molar-refractivity contribution in [3.63, 3.8) is 0 Å². The van der Waals surface area contributed by atoms with Gasteiger partial charge in [-0.3, -0.25) is 0 Å². The number of likely N-dealkylation sites (tertiary alicyclic amines) is 1. The van der Waals surface area contributed by atoms with E-state index in [9.17, 15) is 0 Å². The Hall–Kier alpha value is -0.0800. The van der Waals surface area contributed by atoms with Crippen LogP contribution in [-0.2, 0) is 0 Å². The van der Waals surface area contributed by atoms with Crippen LogP contribution in [0.2, 0.25) is 0 Å². The molecule has 1 atom stereocenters. The minimum Gasteiger partial charge on any atom is -0.330 e. The molecule has 0 aliphatic carbocycles. The van der Waals surface area contributed by atoms with Crippen LogP contribution in [-0.4, -0.2) is 31.1 Å². The zero-order valence-corrected chi connectivity index (χ0v) is 7.55. The molecule has 11 heavy (non-hydrogen) atoms. The van der Waals surface area contributed by atoms with Gasteiger partial charge in [0.05, 0.1) is 0 Å². The second kappa shape index (κ2) is 4.73. The highest BCUT2D eigenvalue weighted by Crippen LogP contribution is 2.18. The third-order valence-electron chi connectivity index (χ3n) is 2.48. The summed E-state index contributed by atoms with van der Waals surface area (Å²) in [6, 6.07) is 0. The maximum absolute atomic E-state index is 5.51. The van der Waals surface area contributed by atoms with Crippen LogP contribution in [0.25, 0.3) is 0 Å². The van der Waals surface area contributed by atoms with Crippen molar-refractivity contribution in [2.75, 3.05) is 26.2 Å². The average Bonchev–Trinajstić information content (AvgIpc) is 2.38. The number of nitrogens with zero attached hydrogens (tertiary/aromatic N) is 1. The molecule has 1 heterocycles. The van der Waals surface area contributed by atoms with E-state index in [1.54, 1.807) is 0 Å². The standard InChI is InChI=1S/C9H20N2/c1-2-6-11-7-4-9(8-11)3-5-10/h9H,2-8,10H2,1H3. The van der Waals surface area contributed by atoms with Gasteiger partial charge >= 0.3 is 0 Å². The fourth-order valence-electron chi connectivity index (χ4n) is 1.90. The van der Waals surface area contributed by atoms with Crippen LogP contribution in [0.5, 0.6) is 0 Å². The van der Waals surface area contributed by atoms with Crippen molar-refractivity contribution in [3.05, 3.63) is 0 Å². The van der Waals surface area contributed by atoms with E-state index in [2.05, 4.69) is 11.8 Å². The Bertz CT molecular complexity index is 91.7. The molecule has 0 spiro atoms. The van der Waals surface area contributed by atoms with Crippen LogP contribution >= 0.6 is 0 Å². The minimum absolute atomic E-state index is 0.866. The largest absolute Gasteiger partial charge is 0.330 e. The second-order valence-corrected chi connectivity index (χ2v) is 3.53. The van der Waals surface area contributed by atoms with Crippen LogP contribution in [0, 0.1) is 5.92 Å². The van der Waals surface area contributed by atoms with E-state index in [0.29, 0.717) is 0 Å². The highest BCUT2D eigenvalue weighted by atomic mass is 15.1. The van der Waals surface area contributed by atoms with Gasteiger partial charge in [0.25, 0.3) is 0 Å². The van der Waals surface area contributed by atoms with Crippen molar-refractivity contribution >= 4 is 0 Å². The van der Waals surface area contributed by atoms with Crippen molar-refractivity contribution in [2.45, 2.75) is 26.2 Å². The molecule has 1 unspecified atom stereocenters. The molecule has 0 amide bonds. The molecule has 2 nitrogen and oxygen atoms in total. The lowest BCUT2D eigenvalue weighted by Crippen LogP contribution is -2.21. The second-order valence-electron chi connectivity index (χ2n) is 3.53. The molecule has 1 aliphatic rings. The molecule has 0 radical (unpaired) electrons. The number of hydrogen-bond donors (Lipinski definition) is 1. The first-order valence-corrected chi connectivity index (χ1v) is 4.79. The molecular formula is C9H20N2. The smallest absolute Gasteiger partial charge is 0.00106 e. The maximum atomic E-state index is 5.51. The molecule has 1 saturated heterocycles. The number of rotatable bonds is 4. The maximum Gasteiger partial charge on any atom is 0.00106 e. The summed E-state index contributed by atoms with van der Waals surface area (Å²) >= 11 is 0. The molecule has 1 rings (SSSR count). The Labute approximate surface area is 69.8 Å². The predicted octanol–water partition coefficient (Wildman–Crippen LogP) is 1.07. The van der Waals surface area contributed by atoms with Crippen molar-refractivity contribution in [1.29, 1.82) is 0 Å². The number of nitrogens with two attached hydrogens (primary N) is 1. The van der Waals surface area contributed by atoms with Gasteiger partial charge in [0.15, 0.2) is 0 Å². The summed E-state index contributed by atoms with van der Waals surface area (Å²) in [6.45, 7) is 6.99. The van der Waals surface area contributed by atoms with Crippen LogP contribution in [0.1, 0.15) is 26.2 Å². The lowest BCUT2D eigenvalue weighted by molar-refractivity contribution is 0.322. The van der Waals surface area contributed by atoms with Crippen LogP contribution in [0.15, 0.2) is 0 Å². The fourth-order valence-corrected chi connectivity index (χ4v) is 1.90. The topological polar surface area (TPSA) is 29.3 Å². The highest BCUT2D eigenvalue weighted by molar-refractivity contribution is 4.74. The normalized spacial score (nSPS) is 26.2. The Kier molecular flexibility index (Phi) is 3.87. The molecule has 2 N–H and O–H groups in total. The van der Waals surface area contributed by atoms with E-state index >= 15 is 0 Å². The lowest BCUT2D eigenvalue weighted by Gasteiger charge is -2.13. The van der Waals surface area contributed by atoms with E-state index in [-0.39, 0.29) is 0 Å². The molecule has 0 aromatic rings. The first kappa shape index (κ1) is 9.01. The van der Waals surface area contributed by atoms with Gasteiger partial charge in [0.2, 0.25) is 0 Å². The molecule has 66 valence electrons. The summed E-state index contributed by atoms with van der Waals surface area (Å²) < 4.78 is 0. The lowest BCUT2D eigenvalue weighted by atomic mass is 10.1. The van der Waals surface area contributed by atoms with Crippen molar-refractivity contribution in [3.8, 4) is 0 Å². The fraction of sp³-hybridized carbons (Fsp3) is 1.00. The molecule has 2 heteroatoms. The van der Waals surface area contributed by atoms with Gasteiger partial charge < -0.3 is 10.6 Å². The quantitative estimate of drug-likeness (QED) is 0.659. The molecule has 0 bridgehead atoms. The van der Waals surface area contributed by atoms with Crippen LogP contribution in [0.4, 0.5) is 0 Å². The van der Waals surface area contributed by atoms with E-state index in [1.165, 1.54) is 38.9 Å². The minimum atomic E-state index is 0.866. The summed E-state index contributed by atoms with van der Waals surface area (Å²) in [7, 11) is 0. The highest BCUT2D eigenvalue weighted by Gasteiger charge is 2.20. The third-order valence-corrected chi connectivity index (χ3v) is 2.48. The van der Waals surface area contributed by atoms with Gasteiger partial charge in [-0.25, -0.2) is 0 Å². The predicted molar refractivity (Wildman–Crippen MR) is 48.5 cm³/mol.